The first-order chi connectivity index (χ1) is 10.1. The van der Waals surface area contributed by atoms with Crippen molar-refractivity contribution >= 4 is 0 Å². The predicted octanol–water partition coefficient (Wildman–Crippen LogP) is 3.18. The van der Waals surface area contributed by atoms with Gasteiger partial charge in [-0.2, -0.15) is 13.2 Å². The molecule has 1 aromatic heterocycles. The van der Waals surface area contributed by atoms with Gasteiger partial charge in [-0.05, 0) is 18.3 Å². The van der Waals surface area contributed by atoms with Crippen LogP contribution in [0.15, 0.2) is 12.4 Å². The smallest absolute Gasteiger partial charge is 0.419 e. The number of nitrogens with one attached hydrogen (secondary N) is 1. The molecule has 3 atom stereocenters. The predicted molar refractivity (Wildman–Crippen MR) is 74.4 cm³/mol. The Bertz CT molecular complexity index is 553. The summed E-state index contributed by atoms with van der Waals surface area (Å²) in [5.41, 5.74) is -1.06. The van der Waals surface area contributed by atoms with Crippen LogP contribution in [-0.2, 0) is 6.18 Å². The molecule has 2 fully saturated rings. The highest BCUT2D eigenvalue weighted by molar-refractivity contribution is 5.18. The Morgan fingerprint density at radius 1 is 1.23 bits per heavy atom. The molecule has 122 valence electrons. The Morgan fingerprint density at radius 3 is 2.36 bits per heavy atom. The SMILES string of the molecule is CC(C)(C)C12CCC(CC1Oc1ncc(C(F)(F)F)cn1)N2. The number of rotatable bonds is 2. The summed E-state index contributed by atoms with van der Waals surface area (Å²) in [6.07, 6.45) is -0.0828. The van der Waals surface area contributed by atoms with Gasteiger partial charge in [0.1, 0.15) is 6.10 Å². The van der Waals surface area contributed by atoms with Crippen molar-refractivity contribution in [3.05, 3.63) is 18.0 Å². The molecule has 0 radical (unpaired) electrons. The van der Waals surface area contributed by atoms with E-state index in [4.69, 9.17) is 4.74 Å². The first kappa shape index (κ1) is 15.5. The normalized spacial score (nSPS) is 31.5. The van der Waals surface area contributed by atoms with E-state index < -0.39 is 11.7 Å². The van der Waals surface area contributed by atoms with Crippen molar-refractivity contribution in [1.82, 2.24) is 15.3 Å². The van der Waals surface area contributed by atoms with E-state index in [0.29, 0.717) is 6.04 Å². The van der Waals surface area contributed by atoms with Gasteiger partial charge in [-0.3, -0.25) is 0 Å². The third-order valence-corrected chi connectivity index (χ3v) is 4.94. The molecule has 3 rings (SSSR count). The van der Waals surface area contributed by atoms with E-state index in [1.165, 1.54) is 0 Å². The minimum Gasteiger partial charge on any atom is -0.458 e. The number of aromatic nitrogens is 2. The summed E-state index contributed by atoms with van der Waals surface area (Å²) >= 11 is 0. The van der Waals surface area contributed by atoms with Crippen LogP contribution in [0.4, 0.5) is 13.2 Å². The lowest BCUT2D eigenvalue weighted by Crippen LogP contribution is -2.57. The molecular weight excluding hydrogens is 295 g/mol. The Kier molecular flexibility index (Phi) is 3.39. The molecule has 0 aliphatic carbocycles. The molecule has 2 saturated heterocycles. The maximum atomic E-state index is 12.5. The molecule has 2 bridgehead atoms. The van der Waals surface area contributed by atoms with Gasteiger partial charge >= 0.3 is 12.2 Å². The first-order valence-electron chi connectivity index (χ1n) is 7.45. The number of fused-ring (bicyclic) bond motifs is 2. The van der Waals surface area contributed by atoms with E-state index in [9.17, 15) is 13.2 Å². The molecule has 4 nitrogen and oxygen atoms in total. The zero-order chi connectivity index (χ0) is 16.2. The fourth-order valence-electron chi connectivity index (χ4n) is 3.67. The van der Waals surface area contributed by atoms with Crippen LogP contribution in [0.25, 0.3) is 0 Å². The van der Waals surface area contributed by atoms with Gasteiger partial charge in [0.15, 0.2) is 0 Å². The maximum Gasteiger partial charge on any atom is 0.419 e. The van der Waals surface area contributed by atoms with E-state index in [2.05, 4.69) is 36.1 Å². The zero-order valence-electron chi connectivity index (χ0n) is 12.9. The number of ether oxygens (including phenoxy) is 1. The molecular formula is C15H20F3N3O. The maximum absolute atomic E-state index is 12.5. The number of hydrogen-bond donors (Lipinski definition) is 1. The molecule has 0 saturated carbocycles. The molecule has 0 amide bonds. The van der Waals surface area contributed by atoms with Crippen molar-refractivity contribution in [2.75, 3.05) is 0 Å². The summed E-state index contributed by atoms with van der Waals surface area (Å²) < 4.78 is 43.5. The van der Waals surface area contributed by atoms with Crippen LogP contribution in [0.5, 0.6) is 6.01 Å². The molecule has 3 heterocycles. The van der Waals surface area contributed by atoms with Gasteiger partial charge in [-0.15, -0.1) is 0 Å². The van der Waals surface area contributed by atoms with E-state index in [1.807, 2.05) is 0 Å². The molecule has 0 spiro atoms. The first-order valence-corrected chi connectivity index (χ1v) is 7.45. The molecule has 1 N–H and O–H groups in total. The molecule has 2 aliphatic rings. The van der Waals surface area contributed by atoms with Gasteiger partial charge in [0.05, 0.1) is 11.1 Å². The standard InChI is InChI=1S/C15H20F3N3O/c1-13(2,3)14-5-4-10(21-14)6-11(14)22-12-19-7-9(8-20-12)15(16,17)18/h7-8,10-11,21H,4-6H2,1-3H3. The van der Waals surface area contributed by atoms with Crippen LogP contribution in [-0.4, -0.2) is 27.7 Å². The highest BCUT2D eigenvalue weighted by Crippen LogP contribution is 2.49. The third kappa shape index (κ3) is 2.45. The van der Waals surface area contributed by atoms with Crippen molar-refractivity contribution in [3.63, 3.8) is 0 Å². The Hall–Kier alpha value is -1.37. The second-order valence-corrected chi connectivity index (χ2v) is 7.20. The Morgan fingerprint density at radius 2 is 1.86 bits per heavy atom. The van der Waals surface area contributed by atoms with Gasteiger partial charge in [-0.25, -0.2) is 9.97 Å². The van der Waals surface area contributed by atoms with Crippen LogP contribution in [0.1, 0.15) is 45.6 Å². The average molecular weight is 315 g/mol. The number of nitrogens with zero attached hydrogens (tertiary/aromatic N) is 2. The molecule has 0 aromatic carbocycles. The lowest BCUT2D eigenvalue weighted by molar-refractivity contribution is -0.138. The molecule has 1 aromatic rings. The van der Waals surface area contributed by atoms with Crippen molar-refractivity contribution in [3.8, 4) is 6.01 Å². The molecule has 7 heteroatoms. The van der Waals surface area contributed by atoms with Gasteiger partial charge in [-0.1, -0.05) is 20.8 Å². The fourth-order valence-corrected chi connectivity index (χ4v) is 3.67. The summed E-state index contributed by atoms with van der Waals surface area (Å²) in [5, 5.41) is 3.63. The lowest BCUT2D eigenvalue weighted by atomic mass is 9.68. The number of hydrogen-bond acceptors (Lipinski definition) is 4. The minimum absolute atomic E-state index is 0.0102. The summed E-state index contributed by atoms with van der Waals surface area (Å²) in [7, 11) is 0. The summed E-state index contributed by atoms with van der Waals surface area (Å²) in [5.74, 6) is 0. The second kappa shape index (κ2) is 4.81. The third-order valence-electron chi connectivity index (χ3n) is 4.94. The van der Waals surface area contributed by atoms with Crippen molar-refractivity contribution < 1.29 is 17.9 Å². The topological polar surface area (TPSA) is 47.0 Å². The van der Waals surface area contributed by atoms with Crippen molar-refractivity contribution in [2.24, 2.45) is 5.41 Å². The summed E-state index contributed by atoms with van der Waals surface area (Å²) in [6.45, 7) is 6.45. The van der Waals surface area contributed by atoms with Crippen LogP contribution in [0, 0.1) is 5.41 Å². The molecule has 3 unspecified atom stereocenters. The largest absolute Gasteiger partial charge is 0.458 e. The highest BCUT2D eigenvalue weighted by Gasteiger charge is 2.59. The van der Waals surface area contributed by atoms with E-state index >= 15 is 0 Å². The molecule has 2 aliphatic heterocycles. The minimum atomic E-state index is -4.43. The van der Waals surface area contributed by atoms with Crippen molar-refractivity contribution in [1.29, 1.82) is 0 Å². The van der Waals surface area contributed by atoms with E-state index in [1.54, 1.807) is 0 Å². The Labute approximate surface area is 127 Å². The van der Waals surface area contributed by atoms with Crippen LogP contribution < -0.4 is 10.1 Å². The quantitative estimate of drug-likeness (QED) is 0.910. The van der Waals surface area contributed by atoms with E-state index in [0.717, 1.165) is 31.7 Å². The van der Waals surface area contributed by atoms with Crippen LogP contribution >= 0.6 is 0 Å². The summed E-state index contributed by atoms with van der Waals surface area (Å²) in [4.78, 5) is 7.45. The summed E-state index contributed by atoms with van der Waals surface area (Å²) in [6, 6.07) is 0.412. The zero-order valence-corrected chi connectivity index (χ0v) is 12.9. The second-order valence-electron chi connectivity index (χ2n) is 7.20. The lowest BCUT2D eigenvalue weighted by Gasteiger charge is -2.44. The van der Waals surface area contributed by atoms with Gasteiger partial charge in [0.25, 0.3) is 0 Å². The Balaban J connectivity index is 1.79. The van der Waals surface area contributed by atoms with Crippen molar-refractivity contribution in [2.45, 2.75) is 63.9 Å². The monoisotopic (exact) mass is 315 g/mol. The fraction of sp³-hybridized carbons (Fsp3) is 0.733. The van der Waals surface area contributed by atoms with Gasteiger partial charge in [0.2, 0.25) is 0 Å². The van der Waals surface area contributed by atoms with Crippen LogP contribution in [0.3, 0.4) is 0 Å². The highest BCUT2D eigenvalue weighted by atomic mass is 19.4. The average Bonchev–Trinajstić information content (AvgIpc) is 2.97. The van der Waals surface area contributed by atoms with Crippen LogP contribution in [0.2, 0.25) is 0 Å². The van der Waals surface area contributed by atoms with Gasteiger partial charge in [0, 0.05) is 24.9 Å². The number of alkyl halides is 3. The van der Waals surface area contributed by atoms with Gasteiger partial charge < -0.3 is 10.1 Å². The van der Waals surface area contributed by atoms with E-state index in [-0.39, 0.29) is 23.1 Å². The number of halogens is 3. The molecule has 22 heavy (non-hydrogen) atoms.